The summed E-state index contributed by atoms with van der Waals surface area (Å²) in [6.45, 7) is 0. The maximum atomic E-state index is 4.99. The van der Waals surface area contributed by atoms with Crippen LogP contribution in [0, 0.1) is 0 Å². The number of para-hydroxylation sites is 2. The number of rotatable bonds is 3. The molecule has 7 aromatic rings. The lowest BCUT2D eigenvalue weighted by Gasteiger charge is -2.11. The van der Waals surface area contributed by atoms with Gasteiger partial charge in [0, 0.05) is 39.8 Å². The van der Waals surface area contributed by atoms with Crippen molar-refractivity contribution in [1.82, 2.24) is 24.1 Å². The van der Waals surface area contributed by atoms with E-state index in [0.717, 1.165) is 44.5 Å². The van der Waals surface area contributed by atoms with E-state index in [1.54, 1.807) is 0 Å². The number of hydrogen-bond donors (Lipinski definition) is 0. The quantitative estimate of drug-likeness (QED) is 0.314. The zero-order valence-corrected chi connectivity index (χ0v) is 18.2. The van der Waals surface area contributed by atoms with Gasteiger partial charge in [0.25, 0.3) is 0 Å². The minimum atomic E-state index is 0.597. The van der Waals surface area contributed by atoms with E-state index in [0.29, 0.717) is 5.95 Å². The van der Waals surface area contributed by atoms with E-state index in [2.05, 4.69) is 75.9 Å². The van der Waals surface area contributed by atoms with Crippen LogP contribution in [-0.4, -0.2) is 24.1 Å². The average molecular weight is 438 g/mol. The monoisotopic (exact) mass is 437 g/mol. The van der Waals surface area contributed by atoms with Crippen molar-refractivity contribution >= 4 is 33.0 Å². The first kappa shape index (κ1) is 18.8. The summed E-state index contributed by atoms with van der Waals surface area (Å²) in [6, 6.07) is 35.2. The molecule has 0 radical (unpaired) electrons. The molecule has 4 aromatic heterocycles. The largest absolute Gasteiger partial charge is 0.295 e. The van der Waals surface area contributed by atoms with Crippen LogP contribution in [0.25, 0.3) is 55.9 Å². The van der Waals surface area contributed by atoms with E-state index in [1.165, 1.54) is 5.39 Å². The molecule has 160 valence electrons. The van der Waals surface area contributed by atoms with E-state index in [-0.39, 0.29) is 0 Å². The zero-order chi connectivity index (χ0) is 22.5. The van der Waals surface area contributed by atoms with Gasteiger partial charge in [-0.15, -0.1) is 0 Å². The number of pyridine rings is 1. The molecule has 5 nitrogen and oxygen atoms in total. The highest BCUT2D eigenvalue weighted by molar-refractivity contribution is 6.21. The summed E-state index contributed by atoms with van der Waals surface area (Å²) in [5.74, 6) is 0.597. The summed E-state index contributed by atoms with van der Waals surface area (Å²) >= 11 is 0. The van der Waals surface area contributed by atoms with Gasteiger partial charge >= 0.3 is 0 Å². The molecule has 0 aliphatic heterocycles. The lowest BCUT2D eigenvalue weighted by molar-refractivity contribution is 0.949. The van der Waals surface area contributed by atoms with Gasteiger partial charge in [-0.25, -0.2) is 19.5 Å². The van der Waals surface area contributed by atoms with Crippen molar-refractivity contribution in [3.63, 3.8) is 0 Å². The number of hydrogen-bond acceptors (Lipinski definition) is 3. The number of aromatic nitrogens is 5. The molecule has 0 atom stereocenters. The minimum absolute atomic E-state index is 0.597. The lowest BCUT2D eigenvalue weighted by atomic mass is 10.1. The summed E-state index contributed by atoms with van der Waals surface area (Å²) in [7, 11) is 0. The van der Waals surface area contributed by atoms with Crippen LogP contribution in [-0.2, 0) is 0 Å². The molecule has 3 aromatic carbocycles. The molecule has 0 amide bonds. The zero-order valence-electron chi connectivity index (χ0n) is 18.2. The van der Waals surface area contributed by atoms with Gasteiger partial charge in [0.1, 0.15) is 11.3 Å². The Morgan fingerprint density at radius 1 is 0.559 bits per heavy atom. The van der Waals surface area contributed by atoms with Crippen molar-refractivity contribution in [2.45, 2.75) is 0 Å². The van der Waals surface area contributed by atoms with Crippen LogP contribution in [0.5, 0.6) is 0 Å². The molecule has 0 bridgehead atoms. The maximum Gasteiger partial charge on any atom is 0.237 e. The van der Waals surface area contributed by atoms with E-state index >= 15 is 0 Å². The van der Waals surface area contributed by atoms with Crippen molar-refractivity contribution in [2.75, 3.05) is 0 Å². The van der Waals surface area contributed by atoms with Crippen LogP contribution in [0.15, 0.2) is 116 Å². The van der Waals surface area contributed by atoms with Crippen molar-refractivity contribution in [1.29, 1.82) is 0 Å². The van der Waals surface area contributed by atoms with Crippen molar-refractivity contribution in [3.05, 3.63) is 116 Å². The molecule has 0 N–H and O–H groups in total. The fourth-order valence-electron chi connectivity index (χ4n) is 4.83. The third kappa shape index (κ3) is 2.70. The van der Waals surface area contributed by atoms with Gasteiger partial charge in [0.15, 0.2) is 0 Å². The van der Waals surface area contributed by atoms with E-state index in [9.17, 15) is 0 Å². The first-order chi connectivity index (χ1) is 16.9. The molecular formula is C29H19N5. The Morgan fingerprint density at radius 2 is 1.29 bits per heavy atom. The minimum Gasteiger partial charge on any atom is -0.295 e. The first-order valence-electron chi connectivity index (χ1n) is 11.2. The van der Waals surface area contributed by atoms with Crippen molar-refractivity contribution in [3.8, 4) is 22.9 Å². The average Bonchev–Trinajstić information content (AvgIpc) is 3.42. The van der Waals surface area contributed by atoms with Gasteiger partial charge in [0.05, 0.1) is 11.2 Å². The molecule has 0 saturated heterocycles. The second-order valence-corrected chi connectivity index (χ2v) is 8.20. The molecule has 0 spiro atoms. The van der Waals surface area contributed by atoms with Gasteiger partial charge in [-0.05, 0) is 36.4 Å². The van der Waals surface area contributed by atoms with Crippen LogP contribution in [0.4, 0.5) is 0 Å². The third-order valence-electron chi connectivity index (χ3n) is 6.26. The molecule has 0 saturated carbocycles. The fraction of sp³-hybridized carbons (Fsp3) is 0. The second kappa shape index (κ2) is 7.39. The molecule has 0 aliphatic rings. The molecule has 0 unspecified atom stereocenters. The Morgan fingerprint density at radius 3 is 2.15 bits per heavy atom. The molecule has 0 fully saturated rings. The highest BCUT2D eigenvalue weighted by Gasteiger charge is 2.23. The fourth-order valence-corrected chi connectivity index (χ4v) is 4.83. The third-order valence-corrected chi connectivity index (χ3v) is 6.26. The van der Waals surface area contributed by atoms with E-state index in [4.69, 9.17) is 15.0 Å². The van der Waals surface area contributed by atoms with Crippen LogP contribution < -0.4 is 0 Å². The second-order valence-electron chi connectivity index (χ2n) is 8.20. The Hall–Kier alpha value is -4.77. The Balaban J connectivity index is 1.65. The summed E-state index contributed by atoms with van der Waals surface area (Å²) in [5.41, 5.74) is 5.99. The lowest BCUT2D eigenvalue weighted by Crippen LogP contribution is -2.06. The van der Waals surface area contributed by atoms with Gasteiger partial charge in [-0.1, -0.05) is 66.7 Å². The number of fused-ring (bicyclic) bond motifs is 5. The predicted molar refractivity (Wildman–Crippen MR) is 136 cm³/mol. The molecule has 7 rings (SSSR count). The standard InChI is InChI=1S/C29H19N5/c1-3-10-20(11-4-1)24-17-19-31-29(32-24)34-27-23(15-9-18-30-27)26-22-14-7-8-16-25(22)33(28(26)34)21-12-5-2-6-13-21/h1-19H. The van der Waals surface area contributed by atoms with Crippen molar-refractivity contribution in [2.24, 2.45) is 0 Å². The molecular weight excluding hydrogens is 418 g/mol. The number of nitrogens with zero attached hydrogens (tertiary/aromatic N) is 5. The highest BCUT2D eigenvalue weighted by atomic mass is 15.2. The van der Waals surface area contributed by atoms with E-state index < -0.39 is 0 Å². The van der Waals surface area contributed by atoms with Gasteiger partial charge in [0.2, 0.25) is 5.95 Å². The first-order valence-corrected chi connectivity index (χ1v) is 11.2. The van der Waals surface area contributed by atoms with Gasteiger partial charge in [-0.3, -0.25) is 4.57 Å². The Labute approximate surface area is 195 Å². The van der Waals surface area contributed by atoms with Crippen LogP contribution in [0.3, 0.4) is 0 Å². The maximum absolute atomic E-state index is 4.99. The summed E-state index contributed by atoms with van der Waals surface area (Å²) in [5, 5.41) is 3.41. The smallest absolute Gasteiger partial charge is 0.237 e. The summed E-state index contributed by atoms with van der Waals surface area (Å²) in [6.07, 6.45) is 3.65. The Bertz CT molecular complexity index is 1800. The molecule has 5 heteroatoms. The van der Waals surface area contributed by atoms with Gasteiger partial charge in [-0.2, -0.15) is 0 Å². The summed E-state index contributed by atoms with van der Waals surface area (Å²) in [4.78, 5) is 14.5. The molecule has 34 heavy (non-hydrogen) atoms. The molecule has 0 aliphatic carbocycles. The molecule has 4 heterocycles. The topological polar surface area (TPSA) is 48.5 Å². The number of benzene rings is 3. The SMILES string of the molecule is c1ccc(-c2ccnc(-n3c4ncccc4c4c5ccccc5n(-c5ccccc5)c43)n2)cc1. The normalized spacial score (nSPS) is 11.5. The Kier molecular flexibility index (Phi) is 4.08. The van der Waals surface area contributed by atoms with Crippen LogP contribution >= 0.6 is 0 Å². The highest BCUT2D eigenvalue weighted by Crippen LogP contribution is 2.39. The van der Waals surface area contributed by atoms with Crippen LogP contribution in [0.1, 0.15) is 0 Å². The summed E-state index contributed by atoms with van der Waals surface area (Å²) < 4.78 is 4.37. The van der Waals surface area contributed by atoms with Crippen molar-refractivity contribution < 1.29 is 0 Å². The van der Waals surface area contributed by atoms with E-state index in [1.807, 2.05) is 48.8 Å². The predicted octanol–water partition coefficient (Wildman–Crippen LogP) is 6.58. The van der Waals surface area contributed by atoms with Gasteiger partial charge < -0.3 is 0 Å². The van der Waals surface area contributed by atoms with Crippen LogP contribution in [0.2, 0.25) is 0 Å².